The maximum absolute atomic E-state index is 3.66. The minimum absolute atomic E-state index is 0.610. The van der Waals surface area contributed by atoms with E-state index in [9.17, 15) is 0 Å². The quantitative estimate of drug-likeness (QED) is 0.779. The van der Waals surface area contributed by atoms with Crippen molar-refractivity contribution >= 4 is 0 Å². The zero-order valence-electron chi connectivity index (χ0n) is 12.5. The molecule has 2 atom stereocenters. The highest BCUT2D eigenvalue weighted by Crippen LogP contribution is 2.14. The van der Waals surface area contributed by atoms with E-state index in [0.29, 0.717) is 18.1 Å². The minimum Gasteiger partial charge on any atom is -0.310 e. The molecule has 18 heavy (non-hydrogen) atoms. The van der Waals surface area contributed by atoms with Crippen molar-refractivity contribution < 1.29 is 0 Å². The van der Waals surface area contributed by atoms with Crippen molar-refractivity contribution in [3.05, 3.63) is 0 Å². The van der Waals surface area contributed by atoms with Crippen LogP contribution in [-0.4, -0.2) is 86.2 Å². The fourth-order valence-corrected chi connectivity index (χ4v) is 3.20. The first-order valence-electron chi connectivity index (χ1n) is 7.42. The van der Waals surface area contributed by atoms with Gasteiger partial charge in [-0.15, -0.1) is 0 Å². The van der Waals surface area contributed by atoms with E-state index in [2.05, 4.69) is 48.0 Å². The van der Waals surface area contributed by atoms with Crippen LogP contribution in [0.1, 0.15) is 20.3 Å². The van der Waals surface area contributed by atoms with Gasteiger partial charge >= 0.3 is 0 Å². The molecule has 0 spiro atoms. The van der Waals surface area contributed by atoms with Gasteiger partial charge in [-0.2, -0.15) is 0 Å². The van der Waals surface area contributed by atoms with E-state index in [4.69, 9.17) is 0 Å². The Morgan fingerprint density at radius 2 is 1.89 bits per heavy atom. The van der Waals surface area contributed by atoms with Crippen LogP contribution in [0.4, 0.5) is 0 Å². The number of nitrogens with zero attached hydrogens (tertiary/aromatic N) is 3. The molecule has 0 saturated carbocycles. The molecule has 2 aliphatic heterocycles. The highest BCUT2D eigenvalue weighted by atomic mass is 15.3. The average Bonchev–Trinajstić information content (AvgIpc) is 2.70. The van der Waals surface area contributed by atoms with Gasteiger partial charge in [0.2, 0.25) is 0 Å². The van der Waals surface area contributed by atoms with E-state index >= 15 is 0 Å². The Bertz CT molecular complexity index is 256. The summed E-state index contributed by atoms with van der Waals surface area (Å²) in [5, 5.41) is 3.66. The van der Waals surface area contributed by atoms with E-state index in [1.807, 2.05) is 0 Å². The monoisotopic (exact) mass is 254 g/mol. The maximum Gasteiger partial charge on any atom is 0.0347 e. The van der Waals surface area contributed by atoms with Gasteiger partial charge < -0.3 is 15.1 Å². The van der Waals surface area contributed by atoms with Gasteiger partial charge in [-0.3, -0.25) is 4.90 Å². The van der Waals surface area contributed by atoms with E-state index in [1.54, 1.807) is 0 Å². The third kappa shape index (κ3) is 3.92. The summed E-state index contributed by atoms with van der Waals surface area (Å²) >= 11 is 0. The molecule has 0 aromatic rings. The summed E-state index contributed by atoms with van der Waals surface area (Å²) < 4.78 is 0. The fraction of sp³-hybridized carbons (Fsp3) is 1.00. The van der Waals surface area contributed by atoms with Crippen molar-refractivity contribution in [3.63, 3.8) is 0 Å². The molecule has 2 fully saturated rings. The Labute approximate surface area is 112 Å². The summed E-state index contributed by atoms with van der Waals surface area (Å²) in [6.07, 6.45) is 1.31. The molecule has 4 heteroatoms. The van der Waals surface area contributed by atoms with Gasteiger partial charge in [0.15, 0.2) is 0 Å². The highest BCUT2D eigenvalue weighted by molar-refractivity contribution is 4.87. The van der Waals surface area contributed by atoms with Crippen LogP contribution in [0, 0.1) is 0 Å². The van der Waals surface area contributed by atoms with E-state index in [-0.39, 0.29) is 0 Å². The Morgan fingerprint density at radius 1 is 1.11 bits per heavy atom. The number of rotatable bonds is 4. The van der Waals surface area contributed by atoms with Crippen molar-refractivity contribution in [1.82, 2.24) is 20.0 Å². The molecule has 1 N–H and O–H groups in total. The standard InChI is InChI=1S/C14H30N4/c1-12(2)15-13-5-6-18(9-13)11-14-10-16(3)7-8-17(14)4/h12-15H,5-11H2,1-4H3. The van der Waals surface area contributed by atoms with Crippen LogP contribution in [0.25, 0.3) is 0 Å². The number of hydrogen-bond donors (Lipinski definition) is 1. The first-order valence-corrected chi connectivity index (χ1v) is 7.42. The predicted molar refractivity (Wildman–Crippen MR) is 77.0 cm³/mol. The second-order valence-corrected chi connectivity index (χ2v) is 6.46. The molecule has 2 unspecified atom stereocenters. The van der Waals surface area contributed by atoms with Crippen LogP contribution in [-0.2, 0) is 0 Å². The lowest BCUT2D eigenvalue weighted by atomic mass is 10.2. The smallest absolute Gasteiger partial charge is 0.0347 e. The third-order valence-corrected chi connectivity index (χ3v) is 4.29. The summed E-state index contributed by atoms with van der Waals surface area (Å²) in [4.78, 5) is 7.63. The summed E-state index contributed by atoms with van der Waals surface area (Å²) in [5.74, 6) is 0. The molecule has 2 heterocycles. The maximum atomic E-state index is 3.66. The zero-order valence-corrected chi connectivity index (χ0v) is 12.5. The van der Waals surface area contributed by atoms with Crippen LogP contribution < -0.4 is 5.32 Å². The first-order chi connectivity index (χ1) is 8.54. The van der Waals surface area contributed by atoms with Crippen molar-refractivity contribution in [3.8, 4) is 0 Å². The molecule has 0 radical (unpaired) electrons. The van der Waals surface area contributed by atoms with E-state index < -0.39 is 0 Å². The summed E-state index contributed by atoms with van der Waals surface area (Å²) in [6, 6.07) is 2.02. The lowest BCUT2D eigenvalue weighted by molar-refractivity contribution is 0.0883. The Kier molecular flexibility index (Phi) is 5.01. The Hall–Kier alpha value is -0.160. The highest BCUT2D eigenvalue weighted by Gasteiger charge is 2.28. The second kappa shape index (κ2) is 6.33. The van der Waals surface area contributed by atoms with Crippen LogP contribution >= 0.6 is 0 Å². The van der Waals surface area contributed by atoms with Gasteiger partial charge in [-0.25, -0.2) is 0 Å². The van der Waals surface area contributed by atoms with Gasteiger partial charge in [0.05, 0.1) is 0 Å². The number of hydrogen-bond acceptors (Lipinski definition) is 4. The fourth-order valence-electron chi connectivity index (χ4n) is 3.20. The Morgan fingerprint density at radius 3 is 2.61 bits per heavy atom. The molecule has 0 bridgehead atoms. The molecule has 2 aliphatic rings. The number of likely N-dealkylation sites (tertiary alicyclic amines) is 1. The lowest BCUT2D eigenvalue weighted by Crippen LogP contribution is -2.54. The molecular weight excluding hydrogens is 224 g/mol. The normalized spacial score (nSPS) is 32.5. The molecule has 2 saturated heterocycles. The van der Waals surface area contributed by atoms with Crippen LogP contribution in [0.5, 0.6) is 0 Å². The molecule has 0 amide bonds. The van der Waals surface area contributed by atoms with Crippen LogP contribution in [0.15, 0.2) is 0 Å². The summed E-state index contributed by atoms with van der Waals surface area (Å²) in [6.45, 7) is 11.9. The molecule has 106 valence electrons. The average molecular weight is 254 g/mol. The largest absolute Gasteiger partial charge is 0.310 e. The second-order valence-electron chi connectivity index (χ2n) is 6.46. The molecule has 2 rings (SSSR count). The van der Waals surface area contributed by atoms with Crippen LogP contribution in [0.2, 0.25) is 0 Å². The van der Waals surface area contributed by atoms with Crippen LogP contribution in [0.3, 0.4) is 0 Å². The number of likely N-dealkylation sites (N-methyl/N-ethyl adjacent to an activating group) is 2. The zero-order chi connectivity index (χ0) is 13.1. The van der Waals surface area contributed by atoms with E-state index in [1.165, 1.54) is 45.7 Å². The Balaban J connectivity index is 1.76. The van der Waals surface area contributed by atoms with Crippen molar-refractivity contribution in [2.75, 3.05) is 53.4 Å². The SMILES string of the molecule is CC(C)NC1CCN(CC2CN(C)CCN2C)C1. The van der Waals surface area contributed by atoms with Crippen molar-refractivity contribution in [1.29, 1.82) is 0 Å². The lowest BCUT2D eigenvalue weighted by Gasteiger charge is -2.39. The van der Waals surface area contributed by atoms with Gasteiger partial charge in [0.25, 0.3) is 0 Å². The topological polar surface area (TPSA) is 21.8 Å². The third-order valence-electron chi connectivity index (χ3n) is 4.29. The molecule has 0 aliphatic carbocycles. The predicted octanol–water partition coefficient (Wildman–Crippen LogP) is 0.305. The van der Waals surface area contributed by atoms with Gasteiger partial charge in [0, 0.05) is 50.8 Å². The molecule has 4 nitrogen and oxygen atoms in total. The van der Waals surface area contributed by atoms with Gasteiger partial charge in [-0.1, -0.05) is 13.8 Å². The molecule has 0 aromatic carbocycles. The summed E-state index contributed by atoms with van der Waals surface area (Å²) in [5.41, 5.74) is 0. The first kappa shape index (κ1) is 14.3. The minimum atomic E-state index is 0.610. The van der Waals surface area contributed by atoms with Gasteiger partial charge in [-0.05, 0) is 27.1 Å². The van der Waals surface area contributed by atoms with E-state index in [0.717, 1.165) is 0 Å². The molecule has 0 aromatic heterocycles. The number of nitrogens with one attached hydrogen (secondary N) is 1. The molecular formula is C14H30N4. The van der Waals surface area contributed by atoms with Crippen molar-refractivity contribution in [2.24, 2.45) is 0 Å². The van der Waals surface area contributed by atoms with Gasteiger partial charge in [0.1, 0.15) is 0 Å². The summed E-state index contributed by atoms with van der Waals surface area (Å²) in [7, 11) is 4.52. The van der Waals surface area contributed by atoms with Crippen molar-refractivity contribution in [2.45, 2.75) is 38.4 Å². The number of piperazine rings is 1.